The van der Waals surface area contributed by atoms with Gasteiger partial charge in [-0.3, -0.25) is 9.59 Å². The van der Waals surface area contributed by atoms with Crippen molar-refractivity contribution in [2.24, 2.45) is 5.73 Å². The van der Waals surface area contributed by atoms with Gasteiger partial charge in [-0.15, -0.1) is 11.3 Å². The first-order chi connectivity index (χ1) is 9.15. The minimum absolute atomic E-state index is 0.130. The average Bonchev–Trinajstić information content (AvgIpc) is 2.86. The van der Waals surface area contributed by atoms with Gasteiger partial charge >= 0.3 is 0 Å². The number of hydrogen-bond acceptors (Lipinski definition) is 4. The Labute approximate surface area is 114 Å². The van der Waals surface area contributed by atoms with Gasteiger partial charge in [0.05, 0.1) is 0 Å². The zero-order valence-corrected chi connectivity index (χ0v) is 10.9. The van der Waals surface area contributed by atoms with Gasteiger partial charge < -0.3 is 11.1 Å². The first-order valence-corrected chi connectivity index (χ1v) is 6.62. The van der Waals surface area contributed by atoms with Gasteiger partial charge in [-0.1, -0.05) is 30.3 Å². The van der Waals surface area contributed by atoms with Gasteiger partial charge in [0.1, 0.15) is 5.69 Å². The van der Waals surface area contributed by atoms with E-state index in [0.717, 1.165) is 5.56 Å². The molecule has 2 amide bonds. The van der Waals surface area contributed by atoms with E-state index < -0.39 is 5.91 Å². The maximum Gasteiger partial charge on any atom is 0.268 e. The fraction of sp³-hybridized carbons (Fsp3) is 0.154. The standard InChI is InChI=1S/C13H13N3O2S/c14-12(18)10-8-19-13(15-10)16-11(17)7-6-9-4-2-1-3-5-9/h1-5,8H,6-7H2,(H2,14,18)(H,15,16,17). The van der Waals surface area contributed by atoms with Gasteiger partial charge in [0.15, 0.2) is 5.13 Å². The van der Waals surface area contributed by atoms with Crippen molar-refractivity contribution in [2.75, 3.05) is 5.32 Å². The molecule has 1 aromatic heterocycles. The predicted octanol–water partition coefficient (Wildman–Crippen LogP) is 1.81. The molecule has 98 valence electrons. The second kappa shape index (κ2) is 6.10. The maximum absolute atomic E-state index is 11.7. The van der Waals surface area contributed by atoms with Crippen LogP contribution in [-0.2, 0) is 11.2 Å². The number of carbonyl (C=O) groups excluding carboxylic acids is 2. The lowest BCUT2D eigenvalue weighted by molar-refractivity contribution is -0.116. The number of aryl methyl sites for hydroxylation is 1. The molecular weight excluding hydrogens is 262 g/mol. The van der Waals surface area contributed by atoms with Crippen LogP contribution in [0.4, 0.5) is 5.13 Å². The second-order valence-electron chi connectivity index (χ2n) is 3.94. The van der Waals surface area contributed by atoms with E-state index in [4.69, 9.17) is 5.73 Å². The summed E-state index contributed by atoms with van der Waals surface area (Å²) in [5.74, 6) is -0.727. The van der Waals surface area contributed by atoms with Crippen molar-refractivity contribution in [3.05, 3.63) is 47.0 Å². The van der Waals surface area contributed by atoms with Crippen LogP contribution in [0, 0.1) is 0 Å². The van der Waals surface area contributed by atoms with Crippen LogP contribution in [0.5, 0.6) is 0 Å². The molecule has 0 spiro atoms. The Bertz CT molecular complexity index is 581. The van der Waals surface area contributed by atoms with Crippen LogP contribution in [0.15, 0.2) is 35.7 Å². The molecule has 0 unspecified atom stereocenters. The summed E-state index contributed by atoms with van der Waals surface area (Å²) in [6.45, 7) is 0. The van der Waals surface area contributed by atoms with Gasteiger partial charge in [0.25, 0.3) is 5.91 Å². The van der Waals surface area contributed by atoms with Crippen LogP contribution >= 0.6 is 11.3 Å². The summed E-state index contributed by atoms with van der Waals surface area (Å²) in [5, 5.41) is 4.57. The molecule has 1 heterocycles. The van der Waals surface area contributed by atoms with Crippen LogP contribution in [0.3, 0.4) is 0 Å². The summed E-state index contributed by atoms with van der Waals surface area (Å²) < 4.78 is 0. The number of thiazole rings is 1. The summed E-state index contributed by atoms with van der Waals surface area (Å²) in [7, 11) is 0. The molecule has 3 N–H and O–H groups in total. The zero-order chi connectivity index (χ0) is 13.7. The second-order valence-corrected chi connectivity index (χ2v) is 4.79. The number of anilines is 1. The van der Waals surface area contributed by atoms with Crippen molar-refractivity contribution in [1.29, 1.82) is 0 Å². The largest absolute Gasteiger partial charge is 0.364 e. The van der Waals surface area contributed by atoms with Crippen LogP contribution in [0.25, 0.3) is 0 Å². The quantitative estimate of drug-likeness (QED) is 0.872. The van der Waals surface area contributed by atoms with E-state index in [1.807, 2.05) is 30.3 Å². The van der Waals surface area contributed by atoms with Crippen molar-refractivity contribution >= 4 is 28.3 Å². The topological polar surface area (TPSA) is 85.1 Å². The maximum atomic E-state index is 11.7. The van der Waals surface area contributed by atoms with Crippen molar-refractivity contribution < 1.29 is 9.59 Å². The summed E-state index contributed by atoms with van der Waals surface area (Å²) in [5.41, 5.74) is 6.36. The van der Waals surface area contributed by atoms with Gasteiger partial charge in [-0.05, 0) is 12.0 Å². The number of carbonyl (C=O) groups is 2. The summed E-state index contributed by atoms with van der Waals surface area (Å²) >= 11 is 1.18. The molecular formula is C13H13N3O2S. The SMILES string of the molecule is NC(=O)c1csc(NC(=O)CCc2ccccc2)n1. The highest BCUT2D eigenvalue weighted by atomic mass is 32.1. The van der Waals surface area contributed by atoms with Crippen molar-refractivity contribution in [3.8, 4) is 0 Å². The minimum atomic E-state index is -0.596. The molecule has 2 aromatic rings. The third kappa shape index (κ3) is 3.89. The third-order valence-corrected chi connectivity index (χ3v) is 3.24. The molecule has 0 aliphatic carbocycles. The lowest BCUT2D eigenvalue weighted by atomic mass is 10.1. The number of rotatable bonds is 5. The molecule has 6 heteroatoms. The van der Waals surface area contributed by atoms with E-state index >= 15 is 0 Å². The molecule has 19 heavy (non-hydrogen) atoms. The Morgan fingerprint density at radius 3 is 2.63 bits per heavy atom. The van der Waals surface area contributed by atoms with Gasteiger partial charge in [-0.2, -0.15) is 0 Å². The predicted molar refractivity (Wildman–Crippen MR) is 74.0 cm³/mol. The first kappa shape index (κ1) is 13.2. The highest BCUT2D eigenvalue weighted by Crippen LogP contribution is 2.15. The number of benzene rings is 1. The van der Waals surface area contributed by atoms with Crippen molar-refractivity contribution in [3.63, 3.8) is 0 Å². The van der Waals surface area contributed by atoms with Crippen LogP contribution in [0.2, 0.25) is 0 Å². The highest BCUT2D eigenvalue weighted by molar-refractivity contribution is 7.14. The molecule has 0 saturated carbocycles. The number of hydrogen-bond donors (Lipinski definition) is 2. The van der Waals surface area contributed by atoms with Crippen LogP contribution < -0.4 is 11.1 Å². The van der Waals surface area contributed by atoms with Crippen molar-refractivity contribution in [2.45, 2.75) is 12.8 Å². The number of nitrogens with zero attached hydrogens (tertiary/aromatic N) is 1. The van der Waals surface area contributed by atoms with E-state index in [9.17, 15) is 9.59 Å². The molecule has 0 bridgehead atoms. The van der Waals surface area contributed by atoms with E-state index in [0.29, 0.717) is 18.0 Å². The van der Waals surface area contributed by atoms with E-state index in [2.05, 4.69) is 10.3 Å². The number of nitrogens with two attached hydrogens (primary N) is 1. The Morgan fingerprint density at radius 1 is 1.26 bits per heavy atom. The minimum Gasteiger partial charge on any atom is -0.364 e. The Balaban J connectivity index is 1.85. The van der Waals surface area contributed by atoms with Gasteiger partial charge in [-0.25, -0.2) is 4.98 Å². The monoisotopic (exact) mass is 275 g/mol. The molecule has 2 rings (SSSR count). The smallest absolute Gasteiger partial charge is 0.268 e. The van der Waals surface area contributed by atoms with E-state index in [1.165, 1.54) is 16.7 Å². The number of amides is 2. The van der Waals surface area contributed by atoms with Crippen LogP contribution in [-0.4, -0.2) is 16.8 Å². The average molecular weight is 275 g/mol. The van der Waals surface area contributed by atoms with Gasteiger partial charge in [0, 0.05) is 11.8 Å². The van der Waals surface area contributed by atoms with E-state index in [-0.39, 0.29) is 11.6 Å². The molecule has 0 atom stereocenters. The summed E-state index contributed by atoms with van der Waals surface area (Å²) in [6.07, 6.45) is 1.04. The fourth-order valence-electron chi connectivity index (χ4n) is 1.53. The number of nitrogens with one attached hydrogen (secondary N) is 1. The van der Waals surface area contributed by atoms with Crippen LogP contribution in [0.1, 0.15) is 22.5 Å². The lowest BCUT2D eigenvalue weighted by Gasteiger charge is -2.01. The molecule has 1 aromatic carbocycles. The first-order valence-electron chi connectivity index (χ1n) is 5.74. The highest BCUT2D eigenvalue weighted by Gasteiger charge is 2.09. The Kier molecular flexibility index (Phi) is 4.25. The third-order valence-electron chi connectivity index (χ3n) is 2.49. The summed E-state index contributed by atoms with van der Waals surface area (Å²) in [6, 6.07) is 9.76. The molecule has 0 radical (unpaired) electrons. The summed E-state index contributed by atoms with van der Waals surface area (Å²) in [4.78, 5) is 26.5. The Morgan fingerprint density at radius 2 is 2.00 bits per heavy atom. The normalized spacial score (nSPS) is 10.1. The lowest BCUT2D eigenvalue weighted by Crippen LogP contribution is -2.14. The van der Waals surface area contributed by atoms with Crippen molar-refractivity contribution in [1.82, 2.24) is 4.98 Å². The Hall–Kier alpha value is -2.21. The number of aromatic nitrogens is 1. The van der Waals surface area contributed by atoms with Gasteiger partial charge in [0.2, 0.25) is 5.91 Å². The molecule has 5 nitrogen and oxygen atoms in total. The molecule has 0 saturated heterocycles. The molecule has 0 fully saturated rings. The molecule has 0 aliphatic heterocycles. The fourth-order valence-corrected chi connectivity index (χ4v) is 2.24. The zero-order valence-electron chi connectivity index (χ0n) is 10.1. The van der Waals surface area contributed by atoms with E-state index in [1.54, 1.807) is 0 Å². The number of primary amides is 1. The molecule has 0 aliphatic rings.